The summed E-state index contributed by atoms with van der Waals surface area (Å²) >= 11 is 0. The highest BCUT2D eigenvalue weighted by Gasteiger charge is 2.41. The first kappa shape index (κ1) is 11.1. The van der Waals surface area contributed by atoms with E-state index in [0.717, 1.165) is 42.7 Å². The Kier molecular flexibility index (Phi) is 2.24. The molecule has 19 heavy (non-hydrogen) atoms. The SMILES string of the molecule is OC1(c2cccc3c2OCC3)CCc2ccccc21. The smallest absolute Gasteiger partial charge is 0.129 e. The number of ether oxygens (including phenoxy) is 1. The monoisotopic (exact) mass is 252 g/mol. The Bertz CT molecular complexity index is 647. The van der Waals surface area contributed by atoms with Crippen molar-refractivity contribution < 1.29 is 9.84 Å². The topological polar surface area (TPSA) is 29.5 Å². The first-order valence-corrected chi connectivity index (χ1v) is 6.85. The zero-order valence-electron chi connectivity index (χ0n) is 10.7. The molecule has 1 aliphatic carbocycles. The maximum absolute atomic E-state index is 11.2. The molecule has 1 aliphatic heterocycles. The van der Waals surface area contributed by atoms with Crippen LogP contribution in [0.5, 0.6) is 5.75 Å². The molecule has 0 aromatic heterocycles. The summed E-state index contributed by atoms with van der Waals surface area (Å²) in [5.74, 6) is 0.904. The third-order valence-corrected chi connectivity index (χ3v) is 4.38. The summed E-state index contributed by atoms with van der Waals surface area (Å²) < 4.78 is 5.76. The van der Waals surface area contributed by atoms with E-state index in [1.54, 1.807) is 0 Å². The molecule has 0 bridgehead atoms. The number of benzene rings is 2. The van der Waals surface area contributed by atoms with Crippen LogP contribution < -0.4 is 4.74 Å². The molecule has 4 rings (SSSR count). The molecule has 1 N–H and O–H groups in total. The minimum absolute atomic E-state index is 0.726. The molecular weight excluding hydrogens is 236 g/mol. The van der Waals surface area contributed by atoms with Gasteiger partial charge < -0.3 is 9.84 Å². The van der Waals surface area contributed by atoms with E-state index in [1.807, 2.05) is 30.3 Å². The Labute approximate surface area is 112 Å². The second-order valence-corrected chi connectivity index (χ2v) is 5.41. The third kappa shape index (κ3) is 1.47. The molecule has 0 fully saturated rings. The van der Waals surface area contributed by atoms with Crippen LogP contribution in [-0.4, -0.2) is 11.7 Å². The van der Waals surface area contributed by atoms with Crippen molar-refractivity contribution in [1.29, 1.82) is 0 Å². The summed E-state index contributed by atoms with van der Waals surface area (Å²) in [5, 5.41) is 11.2. The first-order valence-electron chi connectivity index (χ1n) is 6.85. The van der Waals surface area contributed by atoms with Crippen LogP contribution in [0.3, 0.4) is 0 Å². The van der Waals surface area contributed by atoms with Crippen LogP contribution >= 0.6 is 0 Å². The molecule has 0 spiro atoms. The van der Waals surface area contributed by atoms with Crippen LogP contribution in [0.1, 0.15) is 28.7 Å². The second kappa shape index (κ2) is 3.84. The van der Waals surface area contributed by atoms with Crippen LogP contribution in [0.4, 0.5) is 0 Å². The van der Waals surface area contributed by atoms with E-state index in [4.69, 9.17) is 4.74 Å². The van der Waals surface area contributed by atoms with Crippen molar-refractivity contribution in [2.75, 3.05) is 6.61 Å². The Hall–Kier alpha value is -1.80. The summed E-state index contributed by atoms with van der Waals surface area (Å²) in [7, 11) is 0. The molecule has 2 heteroatoms. The van der Waals surface area contributed by atoms with Gasteiger partial charge in [0.25, 0.3) is 0 Å². The largest absolute Gasteiger partial charge is 0.493 e. The van der Waals surface area contributed by atoms with E-state index < -0.39 is 5.60 Å². The fraction of sp³-hybridized carbons (Fsp3) is 0.294. The minimum atomic E-state index is -0.883. The molecule has 2 aromatic rings. The quantitative estimate of drug-likeness (QED) is 0.845. The van der Waals surface area contributed by atoms with Crippen molar-refractivity contribution in [3.63, 3.8) is 0 Å². The van der Waals surface area contributed by atoms with E-state index in [-0.39, 0.29) is 0 Å². The molecule has 2 aromatic carbocycles. The molecule has 2 aliphatic rings. The van der Waals surface area contributed by atoms with Crippen molar-refractivity contribution >= 4 is 0 Å². The van der Waals surface area contributed by atoms with Crippen LogP contribution in [0, 0.1) is 0 Å². The molecule has 1 unspecified atom stereocenters. The van der Waals surface area contributed by atoms with Gasteiger partial charge in [-0.2, -0.15) is 0 Å². The van der Waals surface area contributed by atoms with Crippen LogP contribution in [0.15, 0.2) is 42.5 Å². The van der Waals surface area contributed by atoms with Crippen molar-refractivity contribution in [2.24, 2.45) is 0 Å². The molecule has 0 radical (unpaired) electrons. The van der Waals surface area contributed by atoms with Gasteiger partial charge in [0.2, 0.25) is 0 Å². The number of aryl methyl sites for hydroxylation is 1. The van der Waals surface area contributed by atoms with Crippen molar-refractivity contribution in [2.45, 2.75) is 24.9 Å². The number of hydrogen-bond donors (Lipinski definition) is 1. The lowest BCUT2D eigenvalue weighted by Crippen LogP contribution is -2.24. The zero-order chi connectivity index (χ0) is 12.9. The lowest BCUT2D eigenvalue weighted by molar-refractivity contribution is 0.0798. The highest BCUT2D eigenvalue weighted by atomic mass is 16.5. The van der Waals surface area contributed by atoms with Gasteiger partial charge >= 0.3 is 0 Å². The fourth-order valence-corrected chi connectivity index (χ4v) is 3.41. The van der Waals surface area contributed by atoms with Crippen LogP contribution in [0.25, 0.3) is 0 Å². The summed E-state index contributed by atoms with van der Waals surface area (Å²) in [5.41, 5.74) is 3.56. The fourth-order valence-electron chi connectivity index (χ4n) is 3.41. The van der Waals surface area contributed by atoms with E-state index in [0.29, 0.717) is 0 Å². The molecule has 1 atom stereocenters. The van der Waals surface area contributed by atoms with Gasteiger partial charge in [0.15, 0.2) is 0 Å². The molecule has 2 nitrogen and oxygen atoms in total. The highest BCUT2D eigenvalue weighted by Crippen LogP contribution is 2.47. The number of aliphatic hydroxyl groups is 1. The van der Waals surface area contributed by atoms with Gasteiger partial charge in [-0.25, -0.2) is 0 Å². The summed E-state index contributed by atoms with van der Waals surface area (Å²) in [6.45, 7) is 0.726. The minimum Gasteiger partial charge on any atom is -0.493 e. The van der Waals surface area contributed by atoms with E-state index in [1.165, 1.54) is 11.1 Å². The third-order valence-electron chi connectivity index (χ3n) is 4.38. The van der Waals surface area contributed by atoms with E-state index >= 15 is 0 Å². The summed E-state index contributed by atoms with van der Waals surface area (Å²) in [6.07, 6.45) is 2.61. The van der Waals surface area contributed by atoms with Gasteiger partial charge in [0.1, 0.15) is 11.4 Å². The maximum Gasteiger partial charge on any atom is 0.129 e. The summed E-state index contributed by atoms with van der Waals surface area (Å²) in [4.78, 5) is 0. The number of fused-ring (bicyclic) bond motifs is 2. The van der Waals surface area contributed by atoms with Crippen molar-refractivity contribution in [1.82, 2.24) is 0 Å². The zero-order valence-corrected chi connectivity index (χ0v) is 10.7. The van der Waals surface area contributed by atoms with Gasteiger partial charge in [-0.3, -0.25) is 0 Å². The number of hydrogen-bond acceptors (Lipinski definition) is 2. The standard InChI is InChI=1S/C17H16O2/c18-17(10-8-12-4-1-2-6-14(12)17)15-7-3-5-13-9-11-19-16(13)15/h1-7,18H,8-11H2. The molecule has 1 heterocycles. The lowest BCUT2D eigenvalue weighted by atomic mass is 9.86. The van der Waals surface area contributed by atoms with Gasteiger partial charge in [0.05, 0.1) is 6.61 Å². The maximum atomic E-state index is 11.2. The summed E-state index contributed by atoms with van der Waals surface area (Å²) in [6, 6.07) is 14.3. The van der Waals surface area contributed by atoms with Crippen molar-refractivity contribution in [3.05, 3.63) is 64.7 Å². The average molecular weight is 252 g/mol. The van der Waals surface area contributed by atoms with E-state index in [9.17, 15) is 5.11 Å². The first-order chi connectivity index (χ1) is 9.29. The molecule has 0 saturated heterocycles. The predicted molar refractivity (Wildman–Crippen MR) is 73.4 cm³/mol. The van der Waals surface area contributed by atoms with Gasteiger partial charge in [-0.05, 0) is 29.5 Å². The Balaban J connectivity index is 1.92. The Morgan fingerprint density at radius 2 is 1.68 bits per heavy atom. The average Bonchev–Trinajstić information content (AvgIpc) is 3.05. The Morgan fingerprint density at radius 3 is 2.63 bits per heavy atom. The number of para-hydroxylation sites is 1. The Morgan fingerprint density at radius 1 is 0.895 bits per heavy atom. The van der Waals surface area contributed by atoms with Gasteiger partial charge in [-0.1, -0.05) is 42.5 Å². The second-order valence-electron chi connectivity index (χ2n) is 5.41. The molecule has 0 saturated carbocycles. The predicted octanol–water partition coefficient (Wildman–Crippen LogP) is 2.80. The van der Waals surface area contributed by atoms with Crippen molar-refractivity contribution in [3.8, 4) is 5.75 Å². The van der Waals surface area contributed by atoms with E-state index in [2.05, 4.69) is 12.1 Å². The lowest BCUT2D eigenvalue weighted by Gasteiger charge is -2.26. The van der Waals surface area contributed by atoms with Gasteiger partial charge in [-0.15, -0.1) is 0 Å². The normalized spacial score (nSPS) is 23.8. The van der Waals surface area contributed by atoms with Crippen LogP contribution in [0.2, 0.25) is 0 Å². The molecule has 0 amide bonds. The highest BCUT2D eigenvalue weighted by molar-refractivity contribution is 5.54. The molecular formula is C17H16O2. The number of rotatable bonds is 1. The molecule has 96 valence electrons. The van der Waals surface area contributed by atoms with Crippen LogP contribution in [-0.2, 0) is 18.4 Å². The van der Waals surface area contributed by atoms with Gasteiger partial charge in [0, 0.05) is 12.0 Å².